The molecule has 4 nitrogen and oxygen atoms in total. The maximum Gasteiger partial charge on any atom is 0.144 e. The monoisotopic (exact) mass is 241 g/mol. The molecular formula is C8H8BrN3O. The van der Waals surface area contributed by atoms with Gasteiger partial charge >= 0.3 is 0 Å². The van der Waals surface area contributed by atoms with E-state index < -0.39 is 0 Å². The van der Waals surface area contributed by atoms with Gasteiger partial charge in [-0.2, -0.15) is 0 Å². The smallest absolute Gasteiger partial charge is 0.144 e. The third kappa shape index (κ3) is 1.24. The fourth-order valence-electron chi connectivity index (χ4n) is 1.34. The third-order valence-electron chi connectivity index (χ3n) is 1.94. The van der Waals surface area contributed by atoms with Crippen LogP contribution >= 0.6 is 15.9 Å². The molecule has 0 spiro atoms. The van der Waals surface area contributed by atoms with Gasteiger partial charge in [-0.05, 0) is 15.9 Å². The lowest BCUT2D eigenvalue weighted by Crippen LogP contribution is -1.94. The van der Waals surface area contributed by atoms with Gasteiger partial charge in [0.15, 0.2) is 0 Å². The van der Waals surface area contributed by atoms with Crippen LogP contribution in [0.4, 0.5) is 0 Å². The Labute approximate surface area is 83.4 Å². The van der Waals surface area contributed by atoms with E-state index in [-0.39, 0.29) is 6.61 Å². The molecule has 2 aromatic heterocycles. The van der Waals surface area contributed by atoms with Crippen LogP contribution in [-0.2, 0) is 13.7 Å². The molecule has 0 aromatic carbocycles. The molecular weight excluding hydrogens is 234 g/mol. The van der Waals surface area contributed by atoms with Crippen LogP contribution in [-0.4, -0.2) is 19.6 Å². The highest BCUT2D eigenvalue weighted by Crippen LogP contribution is 2.25. The largest absolute Gasteiger partial charge is 0.390 e. The van der Waals surface area contributed by atoms with Gasteiger partial charge < -0.3 is 9.67 Å². The quantitative estimate of drug-likeness (QED) is 0.818. The van der Waals surface area contributed by atoms with E-state index in [0.717, 1.165) is 15.5 Å². The average molecular weight is 242 g/mol. The summed E-state index contributed by atoms with van der Waals surface area (Å²) in [5.74, 6) is 0. The number of aliphatic hydroxyl groups is 1. The second-order valence-corrected chi connectivity index (χ2v) is 3.62. The molecule has 0 saturated heterocycles. The van der Waals surface area contributed by atoms with E-state index in [1.165, 1.54) is 6.33 Å². The lowest BCUT2D eigenvalue weighted by Gasteiger charge is -1.98. The molecule has 2 aromatic rings. The van der Waals surface area contributed by atoms with Gasteiger partial charge in [0.05, 0.1) is 17.7 Å². The average Bonchev–Trinajstić information content (AvgIpc) is 2.43. The molecule has 0 radical (unpaired) electrons. The zero-order valence-electron chi connectivity index (χ0n) is 7.03. The minimum absolute atomic E-state index is 0.0678. The van der Waals surface area contributed by atoms with Crippen molar-refractivity contribution in [2.75, 3.05) is 0 Å². The van der Waals surface area contributed by atoms with Crippen LogP contribution in [0.5, 0.6) is 0 Å². The van der Waals surface area contributed by atoms with Gasteiger partial charge in [0.2, 0.25) is 0 Å². The molecule has 0 atom stereocenters. The lowest BCUT2D eigenvalue weighted by molar-refractivity contribution is 0.278. The second kappa shape index (κ2) is 3.08. The topological polar surface area (TPSA) is 50.9 Å². The van der Waals surface area contributed by atoms with Crippen LogP contribution in [0, 0.1) is 0 Å². The Kier molecular flexibility index (Phi) is 2.05. The number of fused-ring (bicyclic) bond motifs is 1. The van der Waals surface area contributed by atoms with Crippen LogP contribution < -0.4 is 0 Å². The molecule has 0 bridgehead atoms. The van der Waals surface area contributed by atoms with Crippen molar-refractivity contribution in [3.8, 4) is 0 Å². The first-order valence-electron chi connectivity index (χ1n) is 3.79. The van der Waals surface area contributed by atoms with Crippen LogP contribution in [0.15, 0.2) is 17.0 Å². The SMILES string of the molecule is Cn1cc(Br)c2c(CO)ncnc21. The fourth-order valence-corrected chi connectivity index (χ4v) is 2.05. The van der Waals surface area contributed by atoms with Crippen molar-refractivity contribution < 1.29 is 5.11 Å². The highest BCUT2D eigenvalue weighted by molar-refractivity contribution is 9.10. The van der Waals surface area contributed by atoms with Gasteiger partial charge in [0.1, 0.15) is 12.0 Å². The predicted molar refractivity (Wildman–Crippen MR) is 52.1 cm³/mol. The number of aromatic nitrogens is 3. The molecule has 0 saturated carbocycles. The van der Waals surface area contributed by atoms with Crippen molar-refractivity contribution >= 4 is 27.0 Å². The van der Waals surface area contributed by atoms with Crippen LogP contribution in [0.25, 0.3) is 11.0 Å². The summed E-state index contributed by atoms with van der Waals surface area (Å²) in [4.78, 5) is 8.12. The van der Waals surface area contributed by atoms with E-state index in [0.29, 0.717) is 5.69 Å². The Bertz CT molecular complexity index is 452. The summed E-state index contributed by atoms with van der Waals surface area (Å²) in [5, 5.41) is 9.93. The van der Waals surface area contributed by atoms with Gasteiger partial charge in [0.25, 0.3) is 0 Å². The normalized spacial score (nSPS) is 11.0. The standard InChI is InChI=1S/C8H8BrN3O/c1-12-2-5(9)7-6(3-13)10-4-11-8(7)12/h2,4,13H,3H2,1H3. The summed E-state index contributed by atoms with van der Waals surface area (Å²) in [6.07, 6.45) is 3.36. The predicted octanol–water partition coefficient (Wildman–Crippen LogP) is 1.22. The Morgan fingerprint density at radius 2 is 2.31 bits per heavy atom. The molecule has 68 valence electrons. The fraction of sp³-hybridized carbons (Fsp3) is 0.250. The van der Waals surface area contributed by atoms with Crippen LogP contribution in [0.1, 0.15) is 5.69 Å². The highest BCUT2D eigenvalue weighted by atomic mass is 79.9. The summed E-state index contributed by atoms with van der Waals surface area (Å²) in [6, 6.07) is 0. The van der Waals surface area contributed by atoms with Crippen LogP contribution in [0.2, 0.25) is 0 Å². The molecule has 0 amide bonds. The van der Waals surface area contributed by atoms with E-state index in [2.05, 4.69) is 25.9 Å². The number of rotatable bonds is 1. The maximum absolute atomic E-state index is 9.05. The molecule has 0 aliphatic carbocycles. The molecule has 13 heavy (non-hydrogen) atoms. The van der Waals surface area contributed by atoms with Crippen LogP contribution in [0.3, 0.4) is 0 Å². The summed E-state index contributed by atoms with van der Waals surface area (Å²) in [7, 11) is 1.90. The first kappa shape index (κ1) is 8.65. The molecule has 0 aliphatic rings. The summed E-state index contributed by atoms with van der Waals surface area (Å²) >= 11 is 3.40. The maximum atomic E-state index is 9.05. The van der Waals surface area contributed by atoms with Crippen molar-refractivity contribution in [3.63, 3.8) is 0 Å². The molecule has 2 heterocycles. The van der Waals surface area contributed by atoms with Crippen molar-refractivity contribution in [3.05, 3.63) is 22.7 Å². The number of aryl methyl sites for hydroxylation is 1. The van der Waals surface area contributed by atoms with Crippen molar-refractivity contribution in [2.45, 2.75) is 6.61 Å². The zero-order chi connectivity index (χ0) is 9.42. The first-order chi connectivity index (χ1) is 6.24. The van der Waals surface area contributed by atoms with Gasteiger partial charge in [-0.3, -0.25) is 0 Å². The number of hydrogen-bond donors (Lipinski definition) is 1. The van der Waals surface area contributed by atoms with E-state index >= 15 is 0 Å². The lowest BCUT2D eigenvalue weighted by atomic mass is 10.3. The summed E-state index contributed by atoms with van der Waals surface area (Å²) in [5.41, 5.74) is 1.48. The molecule has 0 aliphatic heterocycles. The van der Waals surface area contributed by atoms with Crippen molar-refractivity contribution in [1.29, 1.82) is 0 Å². The highest BCUT2D eigenvalue weighted by Gasteiger charge is 2.09. The Morgan fingerprint density at radius 3 is 3.00 bits per heavy atom. The van der Waals surface area contributed by atoms with Gasteiger partial charge in [-0.15, -0.1) is 0 Å². The molecule has 1 N–H and O–H groups in total. The number of hydrogen-bond acceptors (Lipinski definition) is 3. The van der Waals surface area contributed by atoms with Crippen molar-refractivity contribution in [1.82, 2.24) is 14.5 Å². The number of aliphatic hydroxyl groups excluding tert-OH is 1. The molecule has 5 heteroatoms. The summed E-state index contributed by atoms with van der Waals surface area (Å²) in [6.45, 7) is -0.0678. The minimum atomic E-state index is -0.0678. The molecule has 0 unspecified atom stereocenters. The van der Waals surface area contributed by atoms with E-state index in [1.54, 1.807) is 0 Å². The Balaban J connectivity index is 2.88. The van der Waals surface area contributed by atoms with E-state index in [4.69, 9.17) is 5.11 Å². The molecule has 0 fully saturated rings. The van der Waals surface area contributed by atoms with Crippen molar-refractivity contribution in [2.24, 2.45) is 7.05 Å². The minimum Gasteiger partial charge on any atom is -0.390 e. The van der Waals surface area contributed by atoms with Gasteiger partial charge in [-0.1, -0.05) is 0 Å². The number of halogens is 1. The van der Waals surface area contributed by atoms with E-state index in [9.17, 15) is 0 Å². The Hall–Kier alpha value is -0.940. The van der Waals surface area contributed by atoms with E-state index in [1.807, 2.05) is 17.8 Å². The third-order valence-corrected chi connectivity index (χ3v) is 2.54. The second-order valence-electron chi connectivity index (χ2n) is 2.77. The Morgan fingerprint density at radius 1 is 1.54 bits per heavy atom. The van der Waals surface area contributed by atoms with Gasteiger partial charge in [0, 0.05) is 17.7 Å². The summed E-state index contributed by atoms with van der Waals surface area (Å²) < 4.78 is 2.80. The molecule has 2 rings (SSSR count). The first-order valence-corrected chi connectivity index (χ1v) is 4.58. The number of nitrogens with zero attached hydrogens (tertiary/aromatic N) is 3. The van der Waals surface area contributed by atoms with Gasteiger partial charge in [-0.25, -0.2) is 9.97 Å². The zero-order valence-corrected chi connectivity index (χ0v) is 8.61.